The molecule has 0 aliphatic heterocycles. The Morgan fingerprint density at radius 2 is 2.08 bits per heavy atom. The Balaban J connectivity index is 1.48. The number of hydrogen-bond acceptors (Lipinski definition) is 4. The van der Waals surface area contributed by atoms with Gasteiger partial charge in [0.05, 0.1) is 6.04 Å². The quantitative estimate of drug-likeness (QED) is 0.720. The molecule has 1 unspecified atom stereocenters. The van der Waals surface area contributed by atoms with Gasteiger partial charge in [0.1, 0.15) is 11.3 Å². The molecule has 0 spiro atoms. The summed E-state index contributed by atoms with van der Waals surface area (Å²) in [5, 5.41) is 10.2. The van der Waals surface area contributed by atoms with Gasteiger partial charge in [-0.3, -0.25) is 9.59 Å². The second-order valence-corrected chi connectivity index (χ2v) is 6.27. The van der Waals surface area contributed by atoms with E-state index in [1.807, 2.05) is 42.6 Å². The van der Waals surface area contributed by atoms with Gasteiger partial charge in [0.2, 0.25) is 5.91 Å². The molecule has 24 heavy (non-hydrogen) atoms. The number of rotatable bonds is 6. The fraction of sp³-hybridized carbons (Fsp3) is 0.222. The van der Waals surface area contributed by atoms with Crippen LogP contribution in [0.25, 0.3) is 11.0 Å². The predicted molar refractivity (Wildman–Crippen MR) is 94.0 cm³/mol. The lowest BCUT2D eigenvalue weighted by atomic mass is 10.2. The molecule has 6 heteroatoms. The number of benzene rings is 1. The molecule has 2 aromatic heterocycles. The molecule has 0 fully saturated rings. The Labute approximate surface area is 143 Å². The van der Waals surface area contributed by atoms with Gasteiger partial charge >= 0.3 is 0 Å². The summed E-state index contributed by atoms with van der Waals surface area (Å²) in [5.41, 5.74) is 1.42. The standard InChI is InChI=1S/C18H18N2O3S/c1-12(16-10-13-4-2-3-5-15(13)23-16)20-17(21)6-8-19-18(22)14-7-9-24-11-14/h2-5,7,9-12H,6,8H2,1H3,(H,19,22)(H,20,21). The van der Waals surface area contributed by atoms with Crippen LogP contribution in [0.15, 0.2) is 51.6 Å². The van der Waals surface area contributed by atoms with Crippen molar-refractivity contribution in [3.8, 4) is 0 Å². The van der Waals surface area contributed by atoms with Crippen molar-refractivity contribution in [1.29, 1.82) is 0 Å². The van der Waals surface area contributed by atoms with Crippen LogP contribution in [-0.2, 0) is 4.79 Å². The van der Waals surface area contributed by atoms with E-state index in [-0.39, 0.29) is 24.3 Å². The average molecular weight is 342 g/mol. The van der Waals surface area contributed by atoms with Gasteiger partial charge < -0.3 is 15.1 Å². The first-order valence-electron chi connectivity index (χ1n) is 7.72. The Kier molecular flexibility index (Phi) is 4.96. The summed E-state index contributed by atoms with van der Waals surface area (Å²) in [7, 11) is 0. The molecule has 0 radical (unpaired) electrons. The van der Waals surface area contributed by atoms with Crippen LogP contribution in [0.2, 0.25) is 0 Å². The van der Waals surface area contributed by atoms with Crippen LogP contribution >= 0.6 is 11.3 Å². The van der Waals surface area contributed by atoms with Crippen molar-refractivity contribution in [1.82, 2.24) is 10.6 Å². The Morgan fingerprint density at radius 1 is 1.25 bits per heavy atom. The first-order chi connectivity index (χ1) is 11.6. The third kappa shape index (κ3) is 3.83. The maximum atomic E-state index is 12.0. The van der Waals surface area contributed by atoms with Gasteiger partial charge in [-0.15, -0.1) is 0 Å². The number of carbonyl (C=O) groups excluding carboxylic acids is 2. The van der Waals surface area contributed by atoms with Crippen molar-refractivity contribution in [3.63, 3.8) is 0 Å². The van der Waals surface area contributed by atoms with Crippen molar-refractivity contribution in [2.75, 3.05) is 6.54 Å². The summed E-state index contributed by atoms with van der Waals surface area (Å²) in [5.74, 6) is 0.426. The summed E-state index contributed by atoms with van der Waals surface area (Å²) in [4.78, 5) is 23.8. The molecule has 124 valence electrons. The number of nitrogens with one attached hydrogen (secondary N) is 2. The number of hydrogen-bond donors (Lipinski definition) is 2. The number of furan rings is 1. The van der Waals surface area contributed by atoms with Crippen molar-refractivity contribution in [3.05, 3.63) is 58.5 Å². The second-order valence-electron chi connectivity index (χ2n) is 5.49. The molecule has 2 amide bonds. The van der Waals surface area contributed by atoms with Crippen LogP contribution in [0.5, 0.6) is 0 Å². The second kappa shape index (κ2) is 7.31. The SMILES string of the molecule is CC(NC(=O)CCNC(=O)c1ccsc1)c1cc2ccccc2o1. The van der Waals surface area contributed by atoms with Crippen LogP contribution in [0.1, 0.15) is 35.5 Å². The highest BCUT2D eigenvalue weighted by Crippen LogP contribution is 2.23. The summed E-state index contributed by atoms with van der Waals surface area (Å²) in [6.45, 7) is 2.17. The summed E-state index contributed by atoms with van der Waals surface area (Å²) in [6.07, 6.45) is 0.223. The molecule has 1 aromatic carbocycles. The van der Waals surface area contributed by atoms with Crippen LogP contribution in [-0.4, -0.2) is 18.4 Å². The van der Waals surface area contributed by atoms with E-state index in [0.29, 0.717) is 17.9 Å². The minimum atomic E-state index is -0.225. The highest BCUT2D eigenvalue weighted by atomic mass is 32.1. The summed E-state index contributed by atoms with van der Waals surface area (Å²) in [6, 6.07) is 11.2. The monoisotopic (exact) mass is 342 g/mol. The highest BCUT2D eigenvalue weighted by Gasteiger charge is 2.14. The molecule has 2 N–H and O–H groups in total. The Hall–Kier alpha value is -2.60. The third-order valence-corrected chi connectivity index (χ3v) is 4.35. The van der Waals surface area contributed by atoms with Crippen LogP contribution < -0.4 is 10.6 Å². The molecule has 2 heterocycles. The molecule has 3 rings (SSSR count). The van der Waals surface area contributed by atoms with E-state index in [9.17, 15) is 9.59 Å². The Morgan fingerprint density at radius 3 is 2.83 bits per heavy atom. The van der Waals surface area contributed by atoms with E-state index in [4.69, 9.17) is 4.42 Å². The number of para-hydroxylation sites is 1. The molecule has 0 aliphatic rings. The van der Waals surface area contributed by atoms with Crippen LogP contribution in [0, 0.1) is 0 Å². The van der Waals surface area contributed by atoms with Gasteiger partial charge in [0, 0.05) is 29.3 Å². The fourth-order valence-electron chi connectivity index (χ4n) is 2.39. The molecule has 0 bridgehead atoms. The summed E-state index contributed by atoms with van der Waals surface area (Å²) >= 11 is 1.46. The predicted octanol–water partition coefficient (Wildman–Crippen LogP) is 3.49. The first kappa shape index (κ1) is 16.3. The normalized spacial score (nSPS) is 12.0. The van der Waals surface area contributed by atoms with E-state index in [1.54, 1.807) is 11.4 Å². The van der Waals surface area contributed by atoms with Gasteiger partial charge in [-0.1, -0.05) is 18.2 Å². The largest absolute Gasteiger partial charge is 0.459 e. The first-order valence-corrected chi connectivity index (χ1v) is 8.66. The molecule has 3 aromatic rings. The zero-order valence-corrected chi connectivity index (χ0v) is 14.1. The average Bonchev–Trinajstić information content (AvgIpc) is 3.24. The molecular formula is C18H18N2O3S. The van der Waals surface area contributed by atoms with E-state index in [0.717, 1.165) is 11.0 Å². The lowest BCUT2D eigenvalue weighted by Gasteiger charge is -2.11. The molecule has 0 aliphatic carbocycles. The molecule has 0 saturated carbocycles. The van der Waals surface area contributed by atoms with E-state index < -0.39 is 0 Å². The van der Waals surface area contributed by atoms with E-state index >= 15 is 0 Å². The van der Waals surface area contributed by atoms with Gasteiger partial charge in [-0.25, -0.2) is 0 Å². The van der Waals surface area contributed by atoms with Crippen molar-refractivity contribution < 1.29 is 14.0 Å². The summed E-state index contributed by atoms with van der Waals surface area (Å²) < 4.78 is 5.74. The lowest BCUT2D eigenvalue weighted by Crippen LogP contribution is -2.31. The Bertz CT molecular complexity index is 806. The third-order valence-electron chi connectivity index (χ3n) is 3.67. The van der Waals surface area contributed by atoms with Gasteiger partial charge in [-0.2, -0.15) is 11.3 Å². The van der Waals surface area contributed by atoms with Gasteiger partial charge in [0.25, 0.3) is 5.91 Å². The van der Waals surface area contributed by atoms with Crippen molar-refractivity contribution >= 4 is 34.1 Å². The zero-order valence-electron chi connectivity index (χ0n) is 13.2. The lowest BCUT2D eigenvalue weighted by molar-refractivity contribution is -0.121. The van der Waals surface area contributed by atoms with Gasteiger partial charge in [-0.05, 0) is 30.5 Å². The molecule has 1 atom stereocenters. The van der Waals surface area contributed by atoms with Crippen LogP contribution in [0.4, 0.5) is 0 Å². The maximum absolute atomic E-state index is 12.0. The number of thiophene rings is 1. The van der Waals surface area contributed by atoms with Crippen molar-refractivity contribution in [2.24, 2.45) is 0 Å². The topological polar surface area (TPSA) is 71.3 Å². The minimum Gasteiger partial charge on any atom is -0.459 e. The fourth-order valence-corrected chi connectivity index (χ4v) is 3.02. The zero-order chi connectivity index (χ0) is 16.9. The molecule has 5 nitrogen and oxygen atoms in total. The smallest absolute Gasteiger partial charge is 0.252 e. The number of amides is 2. The van der Waals surface area contributed by atoms with E-state index in [2.05, 4.69) is 10.6 Å². The highest BCUT2D eigenvalue weighted by molar-refractivity contribution is 7.08. The molecule has 0 saturated heterocycles. The number of fused-ring (bicyclic) bond motifs is 1. The molecular weight excluding hydrogens is 324 g/mol. The van der Waals surface area contributed by atoms with Gasteiger partial charge in [0.15, 0.2) is 0 Å². The van der Waals surface area contributed by atoms with Crippen molar-refractivity contribution in [2.45, 2.75) is 19.4 Å². The maximum Gasteiger partial charge on any atom is 0.252 e. The van der Waals surface area contributed by atoms with E-state index in [1.165, 1.54) is 11.3 Å². The number of carbonyl (C=O) groups is 2. The minimum absolute atomic E-state index is 0.131. The van der Waals surface area contributed by atoms with Crippen LogP contribution in [0.3, 0.4) is 0 Å².